The lowest BCUT2D eigenvalue weighted by Gasteiger charge is -2.11. The normalized spacial score (nSPS) is 13.2. The summed E-state index contributed by atoms with van der Waals surface area (Å²) in [5.41, 5.74) is 4.63. The zero-order valence-corrected chi connectivity index (χ0v) is 15.6. The van der Waals surface area contributed by atoms with E-state index in [-0.39, 0.29) is 5.91 Å². The Bertz CT molecular complexity index is 1160. The molecule has 0 radical (unpaired) electrons. The summed E-state index contributed by atoms with van der Waals surface area (Å²) in [4.78, 5) is 25.4. The van der Waals surface area contributed by atoms with Gasteiger partial charge in [-0.15, -0.1) is 0 Å². The van der Waals surface area contributed by atoms with Crippen LogP contribution in [-0.2, 0) is 6.42 Å². The first-order chi connectivity index (χ1) is 14.0. The van der Waals surface area contributed by atoms with Crippen molar-refractivity contribution in [1.82, 2.24) is 9.97 Å². The van der Waals surface area contributed by atoms with Crippen LogP contribution >= 0.6 is 0 Å². The average Bonchev–Trinajstić information content (AvgIpc) is 3.17. The van der Waals surface area contributed by atoms with Gasteiger partial charge in [0, 0.05) is 29.9 Å². The summed E-state index contributed by atoms with van der Waals surface area (Å²) in [7, 11) is 0. The highest BCUT2D eigenvalue weighted by molar-refractivity contribution is 6.04. The second-order valence-corrected chi connectivity index (χ2v) is 6.78. The number of anilines is 1. The van der Waals surface area contributed by atoms with Gasteiger partial charge in [-0.3, -0.25) is 14.8 Å². The lowest BCUT2D eigenvalue weighted by atomic mass is 10.0. The minimum Gasteiger partial charge on any atom is -0.382 e. The Morgan fingerprint density at radius 3 is 2.83 bits per heavy atom. The minimum atomic E-state index is -0.894. The van der Waals surface area contributed by atoms with Crippen molar-refractivity contribution in [2.75, 3.05) is 5.32 Å². The predicted molar refractivity (Wildman–Crippen MR) is 108 cm³/mol. The molecule has 0 saturated carbocycles. The molecular weight excluding hydrogens is 366 g/mol. The summed E-state index contributed by atoms with van der Waals surface area (Å²) in [6.45, 7) is 1.95. The second kappa shape index (κ2) is 7.62. The first-order valence-electron chi connectivity index (χ1n) is 9.02. The van der Waals surface area contributed by atoms with Gasteiger partial charge >= 0.3 is 0 Å². The zero-order chi connectivity index (χ0) is 20.4. The van der Waals surface area contributed by atoms with Crippen molar-refractivity contribution in [1.29, 1.82) is 5.26 Å². The van der Waals surface area contributed by atoms with E-state index in [2.05, 4.69) is 20.3 Å². The van der Waals surface area contributed by atoms with Gasteiger partial charge in [0.1, 0.15) is 11.9 Å². The summed E-state index contributed by atoms with van der Waals surface area (Å²) in [6.07, 6.45) is 2.89. The van der Waals surface area contributed by atoms with E-state index >= 15 is 0 Å². The third kappa shape index (κ3) is 3.88. The number of aliphatic imine (C=N–C) groups is 1. The highest BCUT2D eigenvalue weighted by Gasteiger charge is 2.23. The topological polar surface area (TPSA) is 111 Å². The molecule has 0 saturated heterocycles. The number of nitriles is 1. The maximum atomic E-state index is 12.3. The van der Waals surface area contributed by atoms with Gasteiger partial charge in [0.15, 0.2) is 0 Å². The molecule has 2 aromatic heterocycles. The summed E-state index contributed by atoms with van der Waals surface area (Å²) >= 11 is 0. The van der Waals surface area contributed by atoms with Gasteiger partial charge in [0.05, 0.1) is 28.7 Å². The van der Waals surface area contributed by atoms with Gasteiger partial charge in [-0.2, -0.15) is 5.26 Å². The number of aromatic nitrogens is 2. The predicted octanol–water partition coefficient (Wildman–Crippen LogP) is 3.27. The number of nitrogens with zero attached hydrogens (tertiary/aromatic N) is 4. The number of benzene rings is 1. The number of aliphatic hydroxyl groups is 1. The Labute approximate surface area is 167 Å². The van der Waals surface area contributed by atoms with Gasteiger partial charge in [-0.05, 0) is 42.8 Å². The number of carbonyl (C=O) groups is 1. The van der Waals surface area contributed by atoms with Crippen LogP contribution in [0.15, 0.2) is 59.9 Å². The van der Waals surface area contributed by atoms with Crippen molar-refractivity contribution in [2.24, 2.45) is 4.99 Å². The highest BCUT2D eigenvalue weighted by Crippen LogP contribution is 2.30. The van der Waals surface area contributed by atoms with E-state index in [1.165, 1.54) is 12.3 Å². The monoisotopic (exact) mass is 383 g/mol. The molecule has 4 rings (SSSR count). The molecule has 0 fully saturated rings. The molecule has 0 bridgehead atoms. The lowest BCUT2D eigenvalue weighted by molar-refractivity contribution is 0.102. The van der Waals surface area contributed by atoms with E-state index in [4.69, 9.17) is 5.26 Å². The molecule has 1 unspecified atom stereocenters. The molecule has 1 amide bonds. The number of amides is 1. The van der Waals surface area contributed by atoms with Crippen LogP contribution in [0, 0.1) is 18.3 Å². The van der Waals surface area contributed by atoms with Crippen LogP contribution in [-0.4, -0.2) is 26.7 Å². The quantitative estimate of drug-likeness (QED) is 0.718. The van der Waals surface area contributed by atoms with E-state index in [9.17, 15) is 9.90 Å². The van der Waals surface area contributed by atoms with Gasteiger partial charge < -0.3 is 10.4 Å². The molecule has 29 heavy (non-hydrogen) atoms. The highest BCUT2D eigenvalue weighted by atomic mass is 16.3. The summed E-state index contributed by atoms with van der Waals surface area (Å²) in [5.74, 6) is -0.0118. The van der Waals surface area contributed by atoms with Crippen LogP contribution < -0.4 is 5.32 Å². The van der Waals surface area contributed by atoms with E-state index in [0.717, 1.165) is 16.9 Å². The van der Waals surface area contributed by atoms with Crippen LogP contribution in [0.4, 0.5) is 11.5 Å². The van der Waals surface area contributed by atoms with E-state index in [1.807, 2.05) is 19.1 Å². The van der Waals surface area contributed by atoms with Crippen molar-refractivity contribution in [3.8, 4) is 6.07 Å². The van der Waals surface area contributed by atoms with Crippen LogP contribution in [0.5, 0.6) is 0 Å². The molecule has 1 aliphatic heterocycles. The number of fused-ring (bicyclic) bond motifs is 1. The van der Waals surface area contributed by atoms with Crippen molar-refractivity contribution in [3.05, 3.63) is 82.8 Å². The smallest absolute Gasteiger partial charge is 0.256 e. The summed E-state index contributed by atoms with van der Waals surface area (Å²) < 4.78 is 0. The molecule has 3 aromatic rings. The third-order valence-electron chi connectivity index (χ3n) is 4.61. The summed E-state index contributed by atoms with van der Waals surface area (Å²) in [5, 5.41) is 22.3. The zero-order valence-electron chi connectivity index (χ0n) is 15.6. The Morgan fingerprint density at radius 1 is 1.21 bits per heavy atom. The van der Waals surface area contributed by atoms with Gasteiger partial charge in [-0.1, -0.05) is 12.1 Å². The number of hydrogen-bond acceptors (Lipinski definition) is 6. The van der Waals surface area contributed by atoms with Crippen LogP contribution in [0.3, 0.4) is 0 Å². The fraction of sp³-hybridized carbons (Fsp3) is 0.136. The first kappa shape index (κ1) is 18.5. The summed E-state index contributed by atoms with van der Waals surface area (Å²) in [6, 6.07) is 13.7. The number of rotatable bonds is 4. The standard InChI is InChI=1S/C22H17N5O2/c1-13-7-18-17(24-11-13)9-19(26-18)21(28)16-5-6-20(25-12-16)27-22(29)15-4-2-3-14(8-15)10-23/h2-8,11-12,21,28H,9H2,1H3,(H,25,27,29). The molecule has 2 N–H and O–H groups in total. The van der Waals surface area contributed by atoms with Crippen LogP contribution in [0.2, 0.25) is 0 Å². The second-order valence-electron chi connectivity index (χ2n) is 6.78. The number of aryl methyl sites for hydroxylation is 1. The van der Waals surface area contributed by atoms with Crippen LogP contribution in [0.25, 0.3) is 0 Å². The van der Waals surface area contributed by atoms with Crippen molar-refractivity contribution in [2.45, 2.75) is 19.4 Å². The minimum absolute atomic E-state index is 0.349. The Balaban J connectivity index is 1.46. The Kier molecular flexibility index (Phi) is 4.85. The van der Waals surface area contributed by atoms with Gasteiger partial charge in [-0.25, -0.2) is 4.98 Å². The fourth-order valence-electron chi connectivity index (χ4n) is 3.09. The van der Waals surface area contributed by atoms with E-state index in [0.29, 0.717) is 34.6 Å². The van der Waals surface area contributed by atoms with Gasteiger partial charge in [0.25, 0.3) is 5.91 Å². The molecule has 1 atom stereocenters. The lowest BCUT2D eigenvalue weighted by Crippen LogP contribution is -2.15. The molecular formula is C22H17N5O2. The van der Waals surface area contributed by atoms with Crippen molar-refractivity contribution in [3.63, 3.8) is 0 Å². The number of aliphatic hydroxyl groups excluding tert-OH is 1. The molecule has 1 aliphatic rings. The molecule has 142 valence electrons. The molecule has 0 spiro atoms. The Hall–Kier alpha value is -3.89. The van der Waals surface area contributed by atoms with Crippen LogP contribution in [0.1, 0.15) is 38.8 Å². The van der Waals surface area contributed by atoms with E-state index in [1.54, 1.807) is 36.5 Å². The Morgan fingerprint density at radius 2 is 2.07 bits per heavy atom. The molecule has 0 aliphatic carbocycles. The number of nitrogens with one attached hydrogen (secondary N) is 1. The third-order valence-corrected chi connectivity index (χ3v) is 4.61. The number of hydrogen-bond donors (Lipinski definition) is 2. The van der Waals surface area contributed by atoms with Crippen molar-refractivity contribution < 1.29 is 9.90 Å². The fourth-order valence-corrected chi connectivity index (χ4v) is 3.09. The maximum absolute atomic E-state index is 12.3. The molecule has 7 heteroatoms. The first-order valence-corrected chi connectivity index (χ1v) is 9.02. The molecule has 1 aromatic carbocycles. The van der Waals surface area contributed by atoms with Gasteiger partial charge in [0.2, 0.25) is 0 Å². The number of pyridine rings is 2. The van der Waals surface area contributed by atoms with Crippen molar-refractivity contribution >= 4 is 23.1 Å². The number of carbonyl (C=O) groups excluding carboxylic acids is 1. The molecule has 3 heterocycles. The maximum Gasteiger partial charge on any atom is 0.256 e. The average molecular weight is 383 g/mol. The SMILES string of the molecule is Cc1cnc2c(c1)N=C(C(O)c1ccc(NC(=O)c3cccc(C#N)c3)nc1)C2. The molecule has 7 nitrogen and oxygen atoms in total. The largest absolute Gasteiger partial charge is 0.382 e. The van der Waals surface area contributed by atoms with E-state index < -0.39 is 6.10 Å².